The summed E-state index contributed by atoms with van der Waals surface area (Å²) < 4.78 is 6.04. The van der Waals surface area contributed by atoms with Crippen molar-refractivity contribution in [2.45, 2.75) is 46.7 Å². The summed E-state index contributed by atoms with van der Waals surface area (Å²) in [5.74, 6) is 1.86. The van der Waals surface area contributed by atoms with Gasteiger partial charge >= 0.3 is 0 Å². The van der Waals surface area contributed by atoms with Crippen molar-refractivity contribution in [1.82, 2.24) is 5.32 Å². The van der Waals surface area contributed by atoms with Gasteiger partial charge in [-0.2, -0.15) is 0 Å². The van der Waals surface area contributed by atoms with E-state index in [1.165, 1.54) is 16.7 Å². The Morgan fingerprint density at radius 2 is 1.81 bits per heavy atom. The molecule has 112 valence electrons. The molecular formula is C19H25NO. The average Bonchev–Trinajstić information content (AvgIpc) is 2.47. The summed E-state index contributed by atoms with van der Waals surface area (Å²) in [6.45, 7) is 9.50. The summed E-state index contributed by atoms with van der Waals surface area (Å²) in [6, 6.07) is 15.0. The third kappa shape index (κ3) is 4.33. The van der Waals surface area contributed by atoms with Crippen LogP contribution < -0.4 is 10.1 Å². The molecule has 2 rings (SSSR count). The molecule has 1 N–H and O–H groups in total. The zero-order chi connectivity index (χ0) is 15.2. The van der Waals surface area contributed by atoms with Crippen LogP contribution in [0.5, 0.6) is 11.5 Å². The maximum atomic E-state index is 6.04. The van der Waals surface area contributed by atoms with Gasteiger partial charge in [-0.3, -0.25) is 0 Å². The molecule has 0 radical (unpaired) electrons. The molecule has 0 aliphatic carbocycles. The molecular weight excluding hydrogens is 258 g/mol. The van der Waals surface area contributed by atoms with Crippen molar-refractivity contribution in [1.29, 1.82) is 0 Å². The van der Waals surface area contributed by atoms with Crippen LogP contribution in [0.25, 0.3) is 0 Å². The van der Waals surface area contributed by atoms with Gasteiger partial charge in [0.2, 0.25) is 0 Å². The third-order valence-electron chi connectivity index (χ3n) is 3.60. The molecule has 0 heterocycles. The van der Waals surface area contributed by atoms with E-state index in [9.17, 15) is 0 Å². The van der Waals surface area contributed by atoms with Crippen LogP contribution in [0, 0.1) is 6.92 Å². The Morgan fingerprint density at radius 1 is 1.05 bits per heavy atom. The van der Waals surface area contributed by atoms with Gasteiger partial charge in [0.05, 0.1) is 0 Å². The Hall–Kier alpha value is -1.80. The lowest BCUT2D eigenvalue weighted by atomic mass is 10.1. The van der Waals surface area contributed by atoms with Crippen LogP contribution in [0.4, 0.5) is 0 Å². The molecule has 0 spiro atoms. The minimum Gasteiger partial charge on any atom is -0.457 e. The lowest BCUT2D eigenvalue weighted by Crippen LogP contribution is -2.22. The highest BCUT2D eigenvalue weighted by molar-refractivity contribution is 5.40. The summed E-state index contributed by atoms with van der Waals surface area (Å²) in [6.07, 6.45) is 0.978. The van der Waals surface area contributed by atoms with E-state index in [4.69, 9.17) is 4.74 Å². The molecule has 0 aromatic heterocycles. The van der Waals surface area contributed by atoms with Crippen molar-refractivity contribution in [3.63, 3.8) is 0 Å². The summed E-state index contributed by atoms with van der Waals surface area (Å²) in [7, 11) is 0. The fourth-order valence-corrected chi connectivity index (χ4v) is 2.27. The minimum atomic E-state index is 0.497. The lowest BCUT2D eigenvalue weighted by molar-refractivity contribution is 0.476. The van der Waals surface area contributed by atoms with Crippen molar-refractivity contribution in [3.8, 4) is 11.5 Å². The molecule has 2 heteroatoms. The molecule has 2 aromatic carbocycles. The van der Waals surface area contributed by atoms with Gasteiger partial charge in [-0.1, -0.05) is 45.0 Å². The van der Waals surface area contributed by atoms with E-state index in [2.05, 4.69) is 63.3 Å². The second-order valence-corrected chi connectivity index (χ2v) is 5.69. The summed E-state index contributed by atoms with van der Waals surface area (Å²) in [4.78, 5) is 0. The predicted octanol–water partition coefficient (Wildman–Crippen LogP) is 4.85. The number of nitrogens with one attached hydrogen (secondary N) is 1. The summed E-state index contributed by atoms with van der Waals surface area (Å²) in [5, 5.41) is 3.45. The average molecular weight is 283 g/mol. The van der Waals surface area contributed by atoms with Crippen LogP contribution in [-0.2, 0) is 13.0 Å². The van der Waals surface area contributed by atoms with Gasteiger partial charge in [0.1, 0.15) is 11.5 Å². The Morgan fingerprint density at radius 3 is 2.48 bits per heavy atom. The van der Waals surface area contributed by atoms with Crippen molar-refractivity contribution < 1.29 is 4.74 Å². The molecule has 0 unspecified atom stereocenters. The van der Waals surface area contributed by atoms with Crippen LogP contribution in [-0.4, -0.2) is 6.04 Å². The summed E-state index contributed by atoms with van der Waals surface area (Å²) in [5.41, 5.74) is 3.81. The van der Waals surface area contributed by atoms with Gasteiger partial charge in [-0.05, 0) is 48.2 Å². The Balaban J connectivity index is 2.13. The number of para-hydroxylation sites is 1. The maximum absolute atomic E-state index is 6.04. The molecule has 0 fully saturated rings. The van der Waals surface area contributed by atoms with Crippen molar-refractivity contribution >= 4 is 0 Å². The highest BCUT2D eigenvalue weighted by Crippen LogP contribution is 2.27. The highest BCUT2D eigenvalue weighted by atomic mass is 16.5. The smallest absolute Gasteiger partial charge is 0.130 e. The van der Waals surface area contributed by atoms with Gasteiger partial charge in [0.15, 0.2) is 0 Å². The highest BCUT2D eigenvalue weighted by Gasteiger charge is 2.05. The van der Waals surface area contributed by atoms with Gasteiger partial charge in [0, 0.05) is 12.6 Å². The van der Waals surface area contributed by atoms with E-state index >= 15 is 0 Å². The molecule has 0 saturated carbocycles. The molecule has 21 heavy (non-hydrogen) atoms. The number of hydrogen-bond acceptors (Lipinski definition) is 2. The fraction of sp³-hybridized carbons (Fsp3) is 0.368. The first-order valence-corrected chi connectivity index (χ1v) is 7.68. The molecule has 0 aliphatic heterocycles. The second kappa shape index (κ2) is 7.28. The Kier molecular flexibility index (Phi) is 5.40. The van der Waals surface area contributed by atoms with E-state index in [-0.39, 0.29) is 0 Å². The maximum Gasteiger partial charge on any atom is 0.130 e. The monoisotopic (exact) mass is 283 g/mol. The molecule has 0 bridgehead atoms. The van der Waals surface area contributed by atoms with Gasteiger partial charge < -0.3 is 10.1 Å². The second-order valence-electron chi connectivity index (χ2n) is 5.69. The first-order chi connectivity index (χ1) is 10.1. The van der Waals surface area contributed by atoms with E-state index < -0.39 is 0 Å². The van der Waals surface area contributed by atoms with E-state index in [0.717, 1.165) is 24.5 Å². The molecule has 0 atom stereocenters. The zero-order valence-electron chi connectivity index (χ0n) is 13.4. The molecule has 2 aromatic rings. The van der Waals surface area contributed by atoms with Crippen molar-refractivity contribution in [2.24, 2.45) is 0 Å². The third-order valence-corrected chi connectivity index (χ3v) is 3.60. The quantitative estimate of drug-likeness (QED) is 0.818. The van der Waals surface area contributed by atoms with E-state index in [0.29, 0.717) is 6.04 Å². The fourth-order valence-electron chi connectivity index (χ4n) is 2.27. The van der Waals surface area contributed by atoms with Gasteiger partial charge in [-0.25, -0.2) is 0 Å². The van der Waals surface area contributed by atoms with Crippen LogP contribution in [0.2, 0.25) is 0 Å². The van der Waals surface area contributed by atoms with Gasteiger partial charge in [0.25, 0.3) is 0 Å². The molecule has 0 amide bonds. The van der Waals surface area contributed by atoms with Crippen LogP contribution in [0.1, 0.15) is 37.5 Å². The predicted molar refractivity (Wildman–Crippen MR) is 89.0 cm³/mol. The molecule has 0 aliphatic rings. The van der Waals surface area contributed by atoms with E-state index in [1.54, 1.807) is 0 Å². The molecule has 2 nitrogen and oxygen atoms in total. The van der Waals surface area contributed by atoms with Gasteiger partial charge in [-0.15, -0.1) is 0 Å². The van der Waals surface area contributed by atoms with Crippen LogP contribution >= 0.6 is 0 Å². The topological polar surface area (TPSA) is 21.3 Å². The number of aryl methyl sites for hydroxylation is 2. The number of ether oxygens (including phenoxy) is 1. The normalized spacial score (nSPS) is 10.9. The van der Waals surface area contributed by atoms with E-state index in [1.807, 2.05) is 12.1 Å². The summed E-state index contributed by atoms with van der Waals surface area (Å²) >= 11 is 0. The number of hydrogen-bond donors (Lipinski definition) is 1. The number of rotatable bonds is 6. The Labute approximate surface area is 128 Å². The first kappa shape index (κ1) is 15.6. The van der Waals surface area contributed by atoms with Crippen LogP contribution in [0.3, 0.4) is 0 Å². The lowest BCUT2D eigenvalue weighted by Gasteiger charge is -2.13. The van der Waals surface area contributed by atoms with Crippen molar-refractivity contribution in [3.05, 3.63) is 59.2 Å². The minimum absolute atomic E-state index is 0.497. The first-order valence-electron chi connectivity index (χ1n) is 7.68. The standard InChI is InChI=1S/C19H25NO/c1-5-16-8-6-7-9-19(16)21-18-11-10-17(15(4)12-18)13-20-14(2)3/h6-12,14,20H,5,13H2,1-4H3. The largest absolute Gasteiger partial charge is 0.457 e. The SMILES string of the molecule is CCc1ccccc1Oc1ccc(CNC(C)C)c(C)c1. The Bertz CT molecular complexity index is 590. The van der Waals surface area contributed by atoms with Crippen molar-refractivity contribution in [2.75, 3.05) is 0 Å². The molecule has 0 saturated heterocycles. The zero-order valence-corrected chi connectivity index (χ0v) is 13.4. The number of benzene rings is 2. The van der Waals surface area contributed by atoms with Crippen LogP contribution in [0.15, 0.2) is 42.5 Å².